The predicted octanol–water partition coefficient (Wildman–Crippen LogP) is 1.56. The van der Waals surface area contributed by atoms with Gasteiger partial charge in [0.05, 0.1) is 19.4 Å². The number of fused-ring (bicyclic) bond motifs is 1. The van der Waals surface area contributed by atoms with Crippen LogP contribution >= 0.6 is 0 Å². The van der Waals surface area contributed by atoms with Crippen molar-refractivity contribution >= 4 is 6.47 Å². The number of aromatic nitrogens is 1. The topological polar surface area (TPSA) is 60.5 Å². The Hall–Kier alpha value is -1.46. The molecule has 1 heterocycles. The summed E-state index contributed by atoms with van der Waals surface area (Å²) in [6, 6.07) is 2.04. The van der Waals surface area contributed by atoms with Crippen LogP contribution in [0, 0.1) is 5.92 Å². The SMILES string of the molecule is CNCOC(C)C.O=COCC1Cc2ccncc2C1. The standard InChI is InChI=1S/C10H11NO2.C5H13NO/c12-7-13-6-8-3-9-1-2-11-5-10(9)4-8;1-5(2)7-4-6-3/h1-2,5,7-8H,3-4,6H2;5-6H,4H2,1-3H3. The van der Waals surface area contributed by atoms with Gasteiger partial charge in [0.25, 0.3) is 6.47 Å². The van der Waals surface area contributed by atoms with Crippen LogP contribution in [0.3, 0.4) is 0 Å². The van der Waals surface area contributed by atoms with Crippen LogP contribution in [0.15, 0.2) is 18.5 Å². The smallest absolute Gasteiger partial charge is 0.293 e. The maximum atomic E-state index is 10.00. The summed E-state index contributed by atoms with van der Waals surface area (Å²) in [5, 5.41) is 2.88. The lowest BCUT2D eigenvalue weighted by atomic mass is 10.1. The van der Waals surface area contributed by atoms with E-state index in [0.29, 0.717) is 31.8 Å². The van der Waals surface area contributed by atoms with Gasteiger partial charge >= 0.3 is 0 Å². The van der Waals surface area contributed by atoms with Gasteiger partial charge in [0, 0.05) is 18.3 Å². The molecule has 1 aliphatic rings. The molecule has 0 bridgehead atoms. The molecule has 1 unspecified atom stereocenters. The van der Waals surface area contributed by atoms with Gasteiger partial charge in [-0.3, -0.25) is 15.1 Å². The lowest BCUT2D eigenvalue weighted by Crippen LogP contribution is -2.15. The number of nitrogens with zero attached hydrogens (tertiary/aromatic N) is 1. The first-order valence-corrected chi connectivity index (χ1v) is 6.90. The number of hydrogen-bond donors (Lipinski definition) is 1. The summed E-state index contributed by atoms with van der Waals surface area (Å²) in [7, 11) is 1.86. The molecule has 2 rings (SSSR count). The highest BCUT2D eigenvalue weighted by Crippen LogP contribution is 2.25. The molecule has 0 aliphatic heterocycles. The second-order valence-electron chi connectivity index (χ2n) is 5.06. The summed E-state index contributed by atoms with van der Waals surface area (Å²) < 4.78 is 9.83. The average molecular weight is 280 g/mol. The van der Waals surface area contributed by atoms with Gasteiger partial charge in [-0.2, -0.15) is 0 Å². The minimum atomic E-state index is 0.340. The fourth-order valence-electron chi connectivity index (χ4n) is 2.08. The molecule has 1 N–H and O–H groups in total. The third-order valence-electron chi connectivity index (χ3n) is 2.98. The van der Waals surface area contributed by atoms with Crippen molar-refractivity contribution in [2.24, 2.45) is 5.92 Å². The monoisotopic (exact) mass is 280 g/mol. The molecule has 5 heteroatoms. The second kappa shape index (κ2) is 9.44. The molecule has 0 aromatic carbocycles. The zero-order valence-electron chi connectivity index (χ0n) is 12.5. The Labute approximate surface area is 120 Å². The number of ether oxygens (including phenoxy) is 2. The Balaban J connectivity index is 0.000000246. The summed E-state index contributed by atoms with van der Waals surface area (Å²) in [5.41, 5.74) is 2.64. The lowest BCUT2D eigenvalue weighted by Gasteiger charge is -2.05. The Kier molecular flexibility index (Phi) is 7.84. The van der Waals surface area contributed by atoms with Gasteiger partial charge in [-0.15, -0.1) is 0 Å². The Morgan fingerprint density at radius 2 is 2.20 bits per heavy atom. The maximum absolute atomic E-state index is 10.00. The summed E-state index contributed by atoms with van der Waals surface area (Å²) >= 11 is 0. The molecule has 0 fully saturated rings. The van der Waals surface area contributed by atoms with Crippen LogP contribution in [-0.4, -0.2) is 37.9 Å². The van der Waals surface area contributed by atoms with E-state index >= 15 is 0 Å². The molecule has 0 spiro atoms. The minimum Gasteiger partial charge on any atom is -0.468 e. The van der Waals surface area contributed by atoms with Crippen molar-refractivity contribution in [1.82, 2.24) is 10.3 Å². The van der Waals surface area contributed by atoms with Gasteiger partial charge in [-0.1, -0.05) is 0 Å². The Bertz CT molecular complexity index is 371. The zero-order valence-corrected chi connectivity index (χ0v) is 12.5. The maximum Gasteiger partial charge on any atom is 0.293 e. The van der Waals surface area contributed by atoms with Gasteiger partial charge in [-0.25, -0.2) is 0 Å². The van der Waals surface area contributed by atoms with Gasteiger partial charge in [0.15, 0.2) is 0 Å². The van der Waals surface area contributed by atoms with E-state index in [4.69, 9.17) is 9.47 Å². The summed E-state index contributed by atoms with van der Waals surface area (Å²) in [6.07, 6.45) is 6.04. The van der Waals surface area contributed by atoms with E-state index in [9.17, 15) is 4.79 Å². The van der Waals surface area contributed by atoms with E-state index in [-0.39, 0.29) is 0 Å². The van der Waals surface area contributed by atoms with Crippen LogP contribution in [-0.2, 0) is 27.1 Å². The van der Waals surface area contributed by atoms with Crippen LogP contribution in [0.4, 0.5) is 0 Å². The highest BCUT2D eigenvalue weighted by Gasteiger charge is 2.21. The fraction of sp³-hybridized carbons (Fsp3) is 0.600. The van der Waals surface area contributed by atoms with E-state index in [1.54, 1.807) is 0 Å². The molecule has 1 atom stereocenters. The van der Waals surface area contributed by atoms with Crippen molar-refractivity contribution in [2.75, 3.05) is 20.4 Å². The van der Waals surface area contributed by atoms with Crippen molar-refractivity contribution in [3.05, 3.63) is 29.6 Å². The highest BCUT2D eigenvalue weighted by atomic mass is 16.5. The summed E-state index contributed by atoms with van der Waals surface area (Å²) in [4.78, 5) is 14.1. The Morgan fingerprint density at radius 3 is 2.75 bits per heavy atom. The van der Waals surface area contributed by atoms with E-state index < -0.39 is 0 Å². The normalized spacial score (nSPS) is 16.3. The molecule has 0 amide bonds. The molecular weight excluding hydrogens is 256 g/mol. The molecule has 0 saturated heterocycles. The molecule has 0 saturated carbocycles. The number of carbonyl (C=O) groups excluding carboxylic acids is 1. The molecular formula is C15H24N2O3. The van der Waals surface area contributed by atoms with Gasteiger partial charge in [0.2, 0.25) is 0 Å². The van der Waals surface area contributed by atoms with Crippen molar-refractivity contribution in [3.8, 4) is 0 Å². The van der Waals surface area contributed by atoms with Crippen molar-refractivity contribution in [1.29, 1.82) is 0 Å². The van der Waals surface area contributed by atoms with Crippen molar-refractivity contribution in [2.45, 2.75) is 32.8 Å². The van der Waals surface area contributed by atoms with Crippen LogP contribution in [0.1, 0.15) is 25.0 Å². The molecule has 5 nitrogen and oxygen atoms in total. The number of pyridine rings is 1. The van der Waals surface area contributed by atoms with Gasteiger partial charge < -0.3 is 9.47 Å². The van der Waals surface area contributed by atoms with Gasteiger partial charge in [0.1, 0.15) is 0 Å². The first-order chi connectivity index (χ1) is 9.67. The second-order valence-corrected chi connectivity index (χ2v) is 5.06. The van der Waals surface area contributed by atoms with Crippen molar-refractivity contribution in [3.63, 3.8) is 0 Å². The van der Waals surface area contributed by atoms with Crippen LogP contribution in [0.5, 0.6) is 0 Å². The first kappa shape index (κ1) is 16.6. The number of carbonyl (C=O) groups is 1. The summed E-state index contributed by atoms with van der Waals surface area (Å²) in [5.74, 6) is 0.449. The molecule has 1 aliphatic carbocycles. The molecule has 1 aromatic heterocycles. The number of hydrogen-bond acceptors (Lipinski definition) is 5. The van der Waals surface area contributed by atoms with Crippen molar-refractivity contribution < 1.29 is 14.3 Å². The average Bonchev–Trinajstić information content (AvgIpc) is 2.86. The van der Waals surface area contributed by atoms with Crippen LogP contribution in [0.25, 0.3) is 0 Å². The van der Waals surface area contributed by atoms with Gasteiger partial charge in [-0.05, 0) is 50.9 Å². The zero-order chi connectivity index (χ0) is 14.8. The lowest BCUT2D eigenvalue weighted by molar-refractivity contribution is -0.129. The van der Waals surface area contributed by atoms with E-state index in [0.717, 1.165) is 12.8 Å². The van der Waals surface area contributed by atoms with E-state index in [1.165, 1.54) is 11.1 Å². The van der Waals surface area contributed by atoms with E-state index in [1.807, 2.05) is 39.4 Å². The molecule has 0 radical (unpaired) electrons. The minimum absolute atomic E-state index is 0.340. The first-order valence-electron chi connectivity index (χ1n) is 6.90. The van der Waals surface area contributed by atoms with E-state index in [2.05, 4.69) is 10.3 Å². The fourth-order valence-corrected chi connectivity index (χ4v) is 2.08. The predicted molar refractivity (Wildman–Crippen MR) is 77.3 cm³/mol. The largest absolute Gasteiger partial charge is 0.468 e. The molecule has 1 aromatic rings. The summed E-state index contributed by atoms with van der Waals surface area (Å²) in [6.45, 7) is 5.71. The molecule has 20 heavy (non-hydrogen) atoms. The third kappa shape index (κ3) is 6.12. The molecule has 112 valence electrons. The quantitative estimate of drug-likeness (QED) is 0.633. The number of rotatable bonds is 6. The van der Waals surface area contributed by atoms with Crippen LogP contribution < -0.4 is 5.32 Å². The number of nitrogens with one attached hydrogen (secondary N) is 1. The van der Waals surface area contributed by atoms with Crippen LogP contribution in [0.2, 0.25) is 0 Å². The third-order valence-corrected chi connectivity index (χ3v) is 2.98. The highest BCUT2D eigenvalue weighted by molar-refractivity contribution is 5.37. The Morgan fingerprint density at radius 1 is 1.45 bits per heavy atom.